The molecular formula is C9H8N4O2. The zero-order chi connectivity index (χ0) is 10.8. The Hall–Kier alpha value is -2.24. The van der Waals surface area contributed by atoms with E-state index in [1.807, 2.05) is 6.92 Å². The number of hydrogen-bond donors (Lipinski definition) is 1. The Bertz CT molecular complexity index is 506. The van der Waals surface area contributed by atoms with Gasteiger partial charge in [-0.1, -0.05) is 0 Å². The van der Waals surface area contributed by atoms with Gasteiger partial charge in [0.05, 0.1) is 18.6 Å². The van der Waals surface area contributed by atoms with Gasteiger partial charge in [-0.15, -0.1) is 0 Å². The first kappa shape index (κ1) is 9.32. The zero-order valence-electron chi connectivity index (χ0n) is 7.95. The summed E-state index contributed by atoms with van der Waals surface area (Å²) in [5, 5.41) is 12.7. The third kappa shape index (κ3) is 1.83. The van der Waals surface area contributed by atoms with Crippen LogP contribution in [-0.2, 0) is 0 Å². The molecule has 15 heavy (non-hydrogen) atoms. The molecular weight excluding hydrogens is 196 g/mol. The lowest BCUT2D eigenvalue weighted by Gasteiger charge is -1.99. The number of nitrogens with zero attached hydrogens (tertiary/aromatic N) is 4. The fourth-order valence-electron chi connectivity index (χ4n) is 1.11. The van der Waals surface area contributed by atoms with Crippen LogP contribution in [0.3, 0.4) is 0 Å². The van der Waals surface area contributed by atoms with Crippen molar-refractivity contribution in [2.75, 3.05) is 0 Å². The third-order valence-electron chi connectivity index (χ3n) is 1.79. The van der Waals surface area contributed by atoms with Crippen LogP contribution >= 0.6 is 0 Å². The van der Waals surface area contributed by atoms with Crippen molar-refractivity contribution in [3.63, 3.8) is 0 Å². The maximum absolute atomic E-state index is 10.7. The summed E-state index contributed by atoms with van der Waals surface area (Å²) in [5.41, 5.74) is 0.873. The van der Waals surface area contributed by atoms with E-state index in [0.717, 1.165) is 5.56 Å². The van der Waals surface area contributed by atoms with Crippen molar-refractivity contribution < 1.29 is 9.90 Å². The molecule has 0 bridgehead atoms. The van der Waals surface area contributed by atoms with Crippen LogP contribution in [0, 0.1) is 6.92 Å². The Labute approximate surface area is 85.2 Å². The number of carboxylic acid groups (broad SMARTS) is 1. The Morgan fingerprint density at radius 1 is 1.40 bits per heavy atom. The lowest BCUT2D eigenvalue weighted by atomic mass is 10.4. The van der Waals surface area contributed by atoms with Crippen molar-refractivity contribution in [1.82, 2.24) is 19.7 Å². The Morgan fingerprint density at radius 2 is 2.20 bits per heavy atom. The first-order valence-electron chi connectivity index (χ1n) is 4.24. The quantitative estimate of drug-likeness (QED) is 0.777. The summed E-state index contributed by atoms with van der Waals surface area (Å²) in [4.78, 5) is 18.3. The lowest BCUT2D eigenvalue weighted by molar-refractivity contribution is 0.0690. The van der Waals surface area contributed by atoms with E-state index in [1.54, 1.807) is 12.4 Å². The summed E-state index contributed by atoms with van der Waals surface area (Å²) in [6, 6.07) is 0. The molecule has 2 aromatic rings. The van der Waals surface area contributed by atoms with Gasteiger partial charge in [0.15, 0.2) is 11.5 Å². The third-order valence-corrected chi connectivity index (χ3v) is 1.79. The average molecular weight is 204 g/mol. The molecule has 6 nitrogen and oxygen atoms in total. The second-order valence-electron chi connectivity index (χ2n) is 3.03. The molecule has 0 aliphatic rings. The predicted octanol–water partition coefficient (Wildman–Crippen LogP) is 0.669. The normalized spacial score (nSPS) is 10.2. The summed E-state index contributed by atoms with van der Waals surface area (Å²) >= 11 is 0. The SMILES string of the molecule is Cc1cnn(-c2cncc(C(=O)O)n2)c1. The topological polar surface area (TPSA) is 80.9 Å². The minimum Gasteiger partial charge on any atom is -0.476 e. The van der Waals surface area contributed by atoms with Crippen LogP contribution in [-0.4, -0.2) is 30.8 Å². The largest absolute Gasteiger partial charge is 0.476 e. The fourth-order valence-corrected chi connectivity index (χ4v) is 1.11. The van der Waals surface area contributed by atoms with Crippen molar-refractivity contribution in [3.05, 3.63) is 36.0 Å². The number of aromatic carboxylic acids is 1. The number of carbonyl (C=O) groups is 1. The van der Waals surface area contributed by atoms with Crippen LogP contribution in [0.15, 0.2) is 24.8 Å². The van der Waals surface area contributed by atoms with E-state index in [9.17, 15) is 4.79 Å². The minimum absolute atomic E-state index is 0.0966. The van der Waals surface area contributed by atoms with Gasteiger partial charge in [-0.05, 0) is 12.5 Å². The summed E-state index contributed by atoms with van der Waals surface area (Å²) in [6.45, 7) is 1.89. The van der Waals surface area contributed by atoms with Gasteiger partial charge in [-0.3, -0.25) is 4.98 Å². The number of aryl methyl sites for hydroxylation is 1. The molecule has 0 saturated heterocycles. The van der Waals surface area contributed by atoms with Gasteiger partial charge in [-0.25, -0.2) is 14.5 Å². The van der Waals surface area contributed by atoms with E-state index in [-0.39, 0.29) is 5.69 Å². The molecule has 0 aromatic carbocycles. The van der Waals surface area contributed by atoms with Gasteiger partial charge in [-0.2, -0.15) is 5.10 Å². The number of rotatable bonds is 2. The Kier molecular flexibility index (Phi) is 2.17. The van der Waals surface area contributed by atoms with Crippen molar-refractivity contribution in [1.29, 1.82) is 0 Å². The number of hydrogen-bond acceptors (Lipinski definition) is 4. The minimum atomic E-state index is -1.10. The molecule has 2 aromatic heterocycles. The zero-order valence-corrected chi connectivity index (χ0v) is 7.95. The van der Waals surface area contributed by atoms with Crippen LogP contribution < -0.4 is 0 Å². The molecule has 2 rings (SSSR count). The van der Waals surface area contributed by atoms with E-state index < -0.39 is 5.97 Å². The highest BCUT2D eigenvalue weighted by molar-refractivity contribution is 5.85. The maximum Gasteiger partial charge on any atom is 0.356 e. The Morgan fingerprint density at radius 3 is 2.80 bits per heavy atom. The van der Waals surface area contributed by atoms with Crippen LogP contribution in [0.5, 0.6) is 0 Å². The predicted molar refractivity (Wildman–Crippen MR) is 50.9 cm³/mol. The van der Waals surface area contributed by atoms with Gasteiger partial charge in [0.1, 0.15) is 0 Å². The van der Waals surface area contributed by atoms with E-state index in [0.29, 0.717) is 5.82 Å². The molecule has 2 heterocycles. The summed E-state index contributed by atoms with van der Waals surface area (Å²) < 4.78 is 1.48. The molecule has 0 aliphatic carbocycles. The van der Waals surface area contributed by atoms with Gasteiger partial charge in [0, 0.05) is 6.20 Å². The molecule has 0 saturated carbocycles. The van der Waals surface area contributed by atoms with Crippen LogP contribution in [0.2, 0.25) is 0 Å². The van der Waals surface area contributed by atoms with Gasteiger partial charge in [0.25, 0.3) is 0 Å². The maximum atomic E-state index is 10.7. The highest BCUT2D eigenvalue weighted by Gasteiger charge is 2.07. The molecule has 0 amide bonds. The second-order valence-corrected chi connectivity index (χ2v) is 3.03. The smallest absolute Gasteiger partial charge is 0.356 e. The first-order chi connectivity index (χ1) is 7.16. The summed E-state index contributed by atoms with van der Waals surface area (Å²) in [7, 11) is 0. The molecule has 0 spiro atoms. The van der Waals surface area contributed by atoms with Crippen molar-refractivity contribution in [2.24, 2.45) is 0 Å². The fraction of sp³-hybridized carbons (Fsp3) is 0.111. The van der Waals surface area contributed by atoms with Crippen LogP contribution in [0.4, 0.5) is 0 Å². The van der Waals surface area contributed by atoms with E-state index in [4.69, 9.17) is 5.11 Å². The van der Waals surface area contributed by atoms with Crippen LogP contribution in [0.25, 0.3) is 5.82 Å². The van der Waals surface area contributed by atoms with Crippen molar-refractivity contribution >= 4 is 5.97 Å². The molecule has 0 atom stereocenters. The molecule has 0 unspecified atom stereocenters. The van der Waals surface area contributed by atoms with E-state index >= 15 is 0 Å². The molecule has 0 aliphatic heterocycles. The molecule has 0 radical (unpaired) electrons. The monoisotopic (exact) mass is 204 g/mol. The highest BCUT2D eigenvalue weighted by atomic mass is 16.4. The Balaban J connectivity index is 2.45. The average Bonchev–Trinajstić information content (AvgIpc) is 2.65. The second kappa shape index (κ2) is 3.49. The van der Waals surface area contributed by atoms with Gasteiger partial charge < -0.3 is 5.11 Å². The van der Waals surface area contributed by atoms with E-state index in [1.165, 1.54) is 17.1 Å². The van der Waals surface area contributed by atoms with Gasteiger partial charge >= 0.3 is 5.97 Å². The molecule has 1 N–H and O–H groups in total. The lowest BCUT2D eigenvalue weighted by Crippen LogP contribution is -2.06. The number of carboxylic acids is 1. The molecule has 6 heteroatoms. The van der Waals surface area contributed by atoms with Crippen molar-refractivity contribution in [2.45, 2.75) is 6.92 Å². The van der Waals surface area contributed by atoms with Crippen molar-refractivity contribution in [3.8, 4) is 5.82 Å². The standard InChI is InChI=1S/C9H8N4O2/c1-6-2-11-13(5-6)8-4-10-3-7(12-8)9(14)15/h2-5H,1H3,(H,14,15). The summed E-state index contributed by atoms with van der Waals surface area (Å²) in [5.74, 6) is -0.712. The van der Waals surface area contributed by atoms with Gasteiger partial charge in [0.2, 0.25) is 0 Å². The van der Waals surface area contributed by atoms with Crippen LogP contribution in [0.1, 0.15) is 16.1 Å². The summed E-state index contributed by atoms with van der Waals surface area (Å²) in [6.07, 6.45) is 6.06. The number of aromatic nitrogens is 4. The molecule has 0 fully saturated rings. The molecule has 76 valence electrons. The first-order valence-corrected chi connectivity index (χ1v) is 4.24. The highest BCUT2D eigenvalue weighted by Crippen LogP contribution is 2.04. The van der Waals surface area contributed by atoms with E-state index in [2.05, 4.69) is 15.1 Å².